The first-order chi connectivity index (χ1) is 17.3. The Hall–Kier alpha value is -3.47. The number of amides is 3. The Balaban J connectivity index is 1.46. The summed E-state index contributed by atoms with van der Waals surface area (Å²) in [6.07, 6.45) is 3.36. The quantitative estimate of drug-likeness (QED) is 0.227. The van der Waals surface area contributed by atoms with Crippen molar-refractivity contribution in [3.05, 3.63) is 75.8 Å². The number of hydrogen-bond donors (Lipinski definition) is 1. The molecular formula is C25H19ClN2O6S2. The molecule has 0 bridgehead atoms. The molecule has 1 fully saturated rings. The van der Waals surface area contributed by atoms with Crippen molar-refractivity contribution < 1.29 is 28.3 Å². The van der Waals surface area contributed by atoms with Crippen molar-refractivity contribution >= 4 is 69.9 Å². The lowest BCUT2D eigenvalue weighted by molar-refractivity contribution is -0.127. The van der Waals surface area contributed by atoms with Crippen LogP contribution in [0.4, 0.5) is 10.5 Å². The number of esters is 1. The number of anilines is 1. The molecule has 1 aromatic heterocycles. The first-order valence-corrected chi connectivity index (χ1v) is 12.9. The van der Waals surface area contributed by atoms with Crippen molar-refractivity contribution in [2.45, 2.75) is 4.90 Å². The van der Waals surface area contributed by atoms with E-state index in [1.54, 1.807) is 36.4 Å². The molecule has 4 rings (SSSR count). The van der Waals surface area contributed by atoms with Crippen LogP contribution in [0.25, 0.3) is 17.4 Å². The van der Waals surface area contributed by atoms with Crippen LogP contribution in [-0.2, 0) is 14.3 Å². The summed E-state index contributed by atoms with van der Waals surface area (Å²) in [5.74, 6) is -0.905. The van der Waals surface area contributed by atoms with Gasteiger partial charge in [0.2, 0.25) is 5.91 Å². The summed E-state index contributed by atoms with van der Waals surface area (Å²) in [4.78, 5) is 51.6. The first kappa shape index (κ1) is 25.6. The summed E-state index contributed by atoms with van der Waals surface area (Å²) in [5.41, 5.74) is 1.35. The minimum Gasteiger partial charge on any atom is -0.465 e. The molecule has 36 heavy (non-hydrogen) atoms. The number of nitrogens with zero attached hydrogens (tertiary/aromatic N) is 1. The fraction of sp³-hybridized carbons (Fsp3) is 0.120. The summed E-state index contributed by atoms with van der Waals surface area (Å²) in [6.45, 7) is -0.407. The van der Waals surface area contributed by atoms with E-state index >= 15 is 0 Å². The topological polar surface area (TPSA) is 106 Å². The Kier molecular flexibility index (Phi) is 7.88. The summed E-state index contributed by atoms with van der Waals surface area (Å²) in [6, 6.07) is 15.3. The predicted octanol–water partition coefficient (Wildman–Crippen LogP) is 5.78. The van der Waals surface area contributed by atoms with Crippen LogP contribution in [0.1, 0.15) is 16.1 Å². The number of ether oxygens (including phenoxy) is 1. The number of thioether (sulfide) groups is 2. The van der Waals surface area contributed by atoms with Crippen LogP contribution in [0.3, 0.4) is 0 Å². The van der Waals surface area contributed by atoms with E-state index < -0.39 is 29.6 Å². The zero-order valence-corrected chi connectivity index (χ0v) is 21.5. The molecule has 0 aliphatic carbocycles. The zero-order chi connectivity index (χ0) is 25.8. The molecule has 1 aliphatic rings. The molecule has 1 N–H and O–H groups in total. The molecule has 0 spiro atoms. The average molecular weight is 543 g/mol. The van der Waals surface area contributed by atoms with E-state index in [9.17, 15) is 19.2 Å². The monoisotopic (exact) mass is 542 g/mol. The van der Waals surface area contributed by atoms with Gasteiger partial charge in [0, 0.05) is 22.2 Å². The lowest BCUT2D eigenvalue weighted by Gasteiger charge is -2.12. The highest BCUT2D eigenvalue weighted by molar-refractivity contribution is 8.18. The van der Waals surface area contributed by atoms with Crippen molar-refractivity contribution in [2.24, 2.45) is 0 Å². The number of carbonyl (C=O) groups is 4. The van der Waals surface area contributed by atoms with E-state index in [1.807, 2.05) is 18.4 Å². The van der Waals surface area contributed by atoms with E-state index in [2.05, 4.69) is 5.32 Å². The van der Waals surface area contributed by atoms with Gasteiger partial charge in [0.25, 0.3) is 11.1 Å². The van der Waals surface area contributed by atoms with Crippen LogP contribution in [-0.4, -0.2) is 47.8 Å². The fourth-order valence-corrected chi connectivity index (χ4v) is 4.81. The molecule has 0 unspecified atom stereocenters. The van der Waals surface area contributed by atoms with E-state index in [0.29, 0.717) is 22.8 Å². The van der Waals surface area contributed by atoms with Gasteiger partial charge < -0.3 is 14.5 Å². The third-order valence-electron chi connectivity index (χ3n) is 5.09. The Labute approximate surface area is 220 Å². The van der Waals surface area contributed by atoms with Crippen LogP contribution in [0.5, 0.6) is 0 Å². The lowest BCUT2D eigenvalue weighted by Crippen LogP contribution is -2.36. The molecule has 8 nitrogen and oxygen atoms in total. The highest BCUT2D eigenvalue weighted by Crippen LogP contribution is 2.34. The van der Waals surface area contributed by atoms with Gasteiger partial charge in [0.15, 0.2) is 0 Å². The molecule has 2 aromatic carbocycles. The standard InChI is InChI=1S/C25H19ClN2O6S2/c1-33-24(31)18-10-14(6-8-19(18)26)20-9-7-16(34-20)12-21-23(30)28(25(32)36-21)13-22(29)27-15-4-3-5-17(11-15)35-2/h3-12H,13H2,1-2H3,(H,27,29)/b21-12+. The van der Waals surface area contributed by atoms with Crippen molar-refractivity contribution in [3.8, 4) is 11.3 Å². The minimum absolute atomic E-state index is 0.129. The molecule has 184 valence electrons. The Morgan fingerprint density at radius 3 is 2.72 bits per heavy atom. The zero-order valence-electron chi connectivity index (χ0n) is 19.1. The largest absolute Gasteiger partial charge is 0.465 e. The number of carbonyl (C=O) groups excluding carboxylic acids is 4. The third kappa shape index (κ3) is 5.67. The van der Waals surface area contributed by atoms with Crippen molar-refractivity contribution in [2.75, 3.05) is 25.2 Å². The smallest absolute Gasteiger partial charge is 0.339 e. The second-order valence-corrected chi connectivity index (χ2v) is 9.72. The molecule has 3 aromatic rings. The molecule has 1 aliphatic heterocycles. The van der Waals surface area contributed by atoms with Gasteiger partial charge in [-0.05, 0) is 66.5 Å². The van der Waals surface area contributed by atoms with Crippen LogP contribution in [0, 0.1) is 0 Å². The fourth-order valence-electron chi connectivity index (χ4n) is 3.34. The molecular weight excluding hydrogens is 524 g/mol. The first-order valence-electron chi connectivity index (χ1n) is 10.5. The van der Waals surface area contributed by atoms with E-state index in [4.69, 9.17) is 20.8 Å². The summed E-state index contributed by atoms with van der Waals surface area (Å²) < 4.78 is 10.5. The Morgan fingerprint density at radius 2 is 1.97 bits per heavy atom. The number of methoxy groups -OCH3 is 1. The normalized spacial score (nSPS) is 14.4. The summed E-state index contributed by atoms with van der Waals surface area (Å²) >= 11 is 8.32. The third-order valence-corrected chi connectivity index (χ3v) is 7.05. The molecule has 0 radical (unpaired) electrons. The summed E-state index contributed by atoms with van der Waals surface area (Å²) in [5, 5.41) is 2.40. The second kappa shape index (κ2) is 11.1. The van der Waals surface area contributed by atoms with Gasteiger partial charge in [-0.3, -0.25) is 19.3 Å². The van der Waals surface area contributed by atoms with Gasteiger partial charge in [-0.15, -0.1) is 11.8 Å². The molecule has 3 amide bonds. The number of halogens is 1. The second-order valence-electron chi connectivity index (χ2n) is 7.44. The molecule has 2 heterocycles. The van der Waals surface area contributed by atoms with E-state index in [0.717, 1.165) is 21.6 Å². The van der Waals surface area contributed by atoms with Crippen molar-refractivity contribution in [3.63, 3.8) is 0 Å². The molecule has 1 saturated heterocycles. The minimum atomic E-state index is -0.588. The number of benzene rings is 2. The van der Waals surface area contributed by atoms with Crippen LogP contribution in [0.15, 0.2) is 68.8 Å². The predicted molar refractivity (Wildman–Crippen MR) is 140 cm³/mol. The van der Waals surface area contributed by atoms with Gasteiger partial charge in [-0.25, -0.2) is 4.79 Å². The average Bonchev–Trinajstić information content (AvgIpc) is 3.44. The molecule has 0 saturated carbocycles. The van der Waals surface area contributed by atoms with Gasteiger partial charge in [-0.2, -0.15) is 0 Å². The highest BCUT2D eigenvalue weighted by Gasteiger charge is 2.36. The Bertz CT molecular complexity index is 1400. The maximum atomic E-state index is 12.8. The SMILES string of the molecule is COC(=O)c1cc(-c2ccc(/C=C3/SC(=O)N(CC(=O)Nc4cccc(SC)c4)C3=O)o2)ccc1Cl. The highest BCUT2D eigenvalue weighted by atomic mass is 35.5. The number of hydrogen-bond acceptors (Lipinski definition) is 8. The molecule has 0 atom stereocenters. The van der Waals surface area contributed by atoms with Gasteiger partial charge in [-0.1, -0.05) is 17.7 Å². The number of rotatable bonds is 7. The van der Waals surface area contributed by atoms with Gasteiger partial charge in [0.05, 0.1) is 22.6 Å². The maximum Gasteiger partial charge on any atom is 0.339 e. The Morgan fingerprint density at radius 1 is 1.17 bits per heavy atom. The maximum absolute atomic E-state index is 12.8. The van der Waals surface area contributed by atoms with Gasteiger partial charge >= 0.3 is 5.97 Å². The lowest BCUT2D eigenvalue weighted by atomic mass is 10.1. The van der Waals surface area contributed by atoms with Crippen molar-refractivity contribution in [1.29, 1.82) is 0 Å². The number of imide groups is 1. The van der Waals surface area contributed by atoms with Crippen LogP contribution in [0.2, 0.25) is 5.02 Å². The number of nitrogens with one attached hydrogen (secondary N) is 1. The van der Waals surface area contributed by atoms with E-state index in [1.165, 1.54) is 31.0 Å². The summed E-state index contributed by atoms with van der Waals surface area (Å²) in [7, 11) is 1.26. The van der Waals surface area contributed by atoms with Gasteiger partial charge in [0.1, 0.15) is 18.1 Å². The van der Waals surface area contributed by atoms with Crippen LogP contribution < -0.4 is 5.32 Å². The van der Waals surface area contributed by atoms with E-state index in [-0.39, 0.29) is 15.5 Å². The number of furan rings is 1. The van der Waals surface area contributed by atoms with Crippen molar-refractivity contribution in [1.82, 2.24) is 4.90 Å². The molecule has 11 heteroatoms. The van der Waals surface area contributed by atoms with Crippen LogP contribution >= 0.6 is 35.1 Å².